The molecule has 2 nitrogen and oxygen atoms in total. The van der Waals surface area contributed by atoms with Crippen molar-refractivity contribution in [1.29, 1.82) is 0 Å². The number of rotatable bonds is 1. The summed E-state index contributed by atoms with van der Waals surface area (Å²) in [5.74, 6) is 0. The van der Waals surface area contributed by atoms with Gasteiger partial charge in [0.15, 0.2) is 0 Å². The molecule has 2 heterocycles. The average molecular weight is 292 g/mol. The fourth-order valence-electron chi connectivity index (χ4n) is 2.93. The molecular formula is C18H16N2S. The van der Waals surface area contributed by atoms with Gasteiger partial charge in [-0.25, -0.2) is 4.98 Å². The van der Waals surface area contributed by atoms with Gasteiger partial charge in [-0.2, -0.15) is 0 Å². The van der Waals surface area contributed by atoms with E-state index in [1.54, 1.807) is 0 Å². The first-order valence-corrected chi connectivity index (χ1v) is 8.11. The molecule has 1 aromatic heterocycles. The summed E-state index contributed by atoms with van der Waals surface area (Å²) in [6.07, 6.45) is 9.11. The van der Waals surface area contributed by atoms with Crippen molar-refractivity contribution in [3.05, 3.63) is 57.6 Å². The van der Waals surface area contributed by atoms with Gasteiger partial charge in [0.05, 0.1) is 5.69 Å². The van der Waals surface area contributed by atoms with Crippen LogP contribution in [0.1, 0.15) is 28.8 Å². The number of thiazole rings is 1. The normalized spacial score (nSPS) is 16.6. The third-order valence-corrected chi connectivity index (χ3v) is 5.25. The van der Waals surface area contributed by atoms with E-state index in [9.17, 15) is 0 Å². The van der Waals surface area contributed by atoms with E-state index < -0.39 is 0 Å². The number of aryl methyl sites for hydroxylation is 2. The van der Waals surface area contributed by atoms with E-state index in [1.807, 2.05) is 23.8 Å². The zero-order chi connectivity index (χ0) is 14.2. The van der Waals surface area contributed by atoms with Crippen LogP contribution >= 0.6 is 11.3 Å². The smallest absolute Gasteiger partial charge is 0.125 e. The van der Waals surface area contributed by atoms with E-state index in [4.69, 9.17) is 4.98 Å². The van der Waals surface area contributed by atoms with Crippen LogP contribution in [0, 0.1) is 0 Å². The van der Waals surface area contributed by atoms with Crippen LogP contribution < -0.4 is 0 Å². The Labute approximate surface area is 128 Å². The quantitative estimate of drug-likeness (QED) is 0.749. The second-order valence-electron chi connectivity index (χ2n) is 5.51. The maximum atomic E-state index is 4.95. The number of fused-ring (bicyclic) bond motifs is 3. The molecule has 0 saturated carbocycles. The highest BCUT2D eigenvalue weighted by atomic mass is 32.1. The van der Waals surface area contributed by atoms with Crippen LogP contribution in [0.5, 0.6) is 0 Å². The van der Waals surface area contributed by atoms with Crippen LogP contribution in [0.2, 0.25) is 0 Å². The van der Waals surface area contributed by atoms with Crippen LogP contribution in [-0.2, 0) is 12.8 Å². The van der Waals surface area contributed by atoms with Crippen molar-refractivity contribution in [3.63, 3.8) is 0 Å². The molecule has 2 aromatic rings. The molecule has 4 rings (SSSR count). The summed E-state index contributed by atoms with van der Waals surface area (Å²) in [5, 5.41) is 1.11. The second-order valence-corrected chi connectivity index (χ2v) is 6.59. The van der Waals surface area contributed by atoms with Gasteiger partial charge in [0.1, 0.15) is 5.01 Å². The van der Waals surface area contributed by atoms with E-state index in [1.165, 1.54) is 32.8 Å². The van der Waals surface area contributed by atoms with E-state index in [2.05, 4.69) is 42.3 Å². The van der Waals surface area contributed by atoms with Gasteiger partial charge >= 0.3 is 0 Å². The zero-order valence-corrected chi connectivity index (χ0v) is 12.8. The van der Waals surface area contributed by atoms with Gasteiger partial charge in [0, 0.05) is 28.4 Å². The molecular weight excluding hydrogens is 276 g/mol. The maximum Gasteiger partial charge on any atom is 0.125 e. The van der Waals surface area contributed by atoms with Crippen molar-refractivity contribution in [2.75, 3.05) is 0 Å². The lowest BCUT2D eigenvalue weighted by atomic mass is 9.94. The van der Waals surface area contributed by atoms with Gasteiger partial charge < -0.3 is 0 Å². The summed E-state index contributed by atoms with van der Waals surface area (Å²) >= 11 is 1.83. The number of aromatic nitrogens is 1. The predicted molar refractivity (Wildman–Crippen MR) is 89.8 cm³/mol. The Balaban J connectivity index is 1.84. The molecule has 1 aliphatic carbocycles. The number of hydrogen-bond donors (Lipinski definition) is 0. The summed E-state index contributed by atoms with van der Waals surface area (Å²) in [5.41, 5.74) is 6.44. The molecule has 0 atom stereocenters. The first-order valence-electron chi connectivity index (χ1n) is 7.29. The molecule has 0 unspecified atom stereocenters. The van der Waals surface area contributed by atoms with Crippen molar-refractivity contribution in [1.82, 2.24) is 4.98 Å². The van der Waals surface area contributed by atoms with Crippen LogP contribution in [0.15, 0.2) is 47.1 Å². The van der Waals surface area contributed by atoms with Crippen molar-refractivity contribution >= 4 is 23.1 Å². The van der Waals surface area contributed by atoms with E-state index in [0.29, 0.717) is 0 Å². The van der Waals surface area contributed by atoms with E-state index in [0.717, 1.165) is 24.3 Å². The number of aliphatic imine (C=N–C) groups is 1. The Morgan fingerprint density at radius 3 is 3.00 bits per heavy atom. The maximum absolute atomic E-state index is 4.95. The fraction of sp³-hybridized carbons (Fsp3) is 0.222. The monoisotopic (exact) mass is 292 g/mol. The van der Waals surface area contributed by atoms with Crippen molar-refractivity contribution < 1.29 is 0 Å². The Hall–Kier alpha value is -2.00. The molecule has 3 heteroatoms. The van der Waals surface area contributed by atoms with Gasteiger partial charge in [-0.3, -0.25) is 4.99 Å². The van der Waals surface area contributed by atoms with Gasteiger partial charge in [-0.15, -0.1) is 11.3 Å². The van der Waals surface area contributed by atoms with Crippen molar-refractivity contribution in [3.8, 4) is 11.3 Å². The minimum Gasteiger partial charge on any atom is -0.264 e. The van der Waals surface area contributed by atoms with Crippen LogP contribution in [0.4, 0.5) is 0 Å². The summed E-state index contributed by atoms with van der Waals surface area (Å²) < 4.78 is 0. The highest BCUT2D eigenvalue weighted by molar-refractivity contribution is 7.13. The van der Waals surface area contributed by atoms with E-state index in [-0.39, 0.29) is 0 Å². The Bertz CT molecular complexity index is 793. The summed E-state index contributed by atoms with van der Waals surface area (Å²) in [4.78, 5) is 10.7. The summed E-state index contributed by atoms with van der Waals surface area (Å²) in [7, 11) is 0. The number of nitrogens with zero attached hydrogens (tertiary/aromatic N) is 2. The first kappa shape index (κ1) is 12.7. The van der Waals surface area contributed by atoms with Crippen LogP contribution in [0.3, 0.4) is 0 Å². The predicted octanol–water partition coefficient (Wildman–Crippen LogP) is 4.67. The molecule has 2 aliphatic rings. The largest absolute Gasteiger partial charge is 0.264 e. The average Bonchev–Trinajstić information content (AvgIpc) is 2.83. The molecule has 0 N–H and O–H groups in total. The molecule has 0 amide bonds. The lowest BCUT2D eigenvalue weighted by molar-refractivity contribution is 0.955. The number of benzene rings is 1. The van der Waals surface area contributed by atoms with Crippen molar-refractivity contribution in [2.45, 2.75) is 26.2 Å². The summed E-state index contributed by atoms with van der Waals surface area (Å²) in [6.45, 7) is 2.17. The molecule has 0 spiro atoms. The molecule has 1 aromatic carbocycles. The highest BCUT2D eigenvalue weighted by Crippen LogP contribution is 2.38. The minimum atomic E-state index is 0.955. The second kappa shape index (κ2) is 5.08. The van der Waals surface area contributed by atoms with Gasteiger partial charge in [0.25, 0.3) is 0 Å². The van der Waals surface area contributed by atoms with Crippen LogP contribution in [-0.4, -0.2) is 11.2 Å². The molecule has 0 fully saturated rings. The standard InChI is InChI=1S/C18H16N2S/c1-12-5-4-10-19-11-15(12)18-20-17-14-7-3-2-6-13(14)8-9-16(17)21-18/h2-4,6-7,10-11H,5,8-9H2,1H3. The lowest BCUT2D eigenvalue weighted by Crippen LogP contribution is -2.01. The molecule has 1 aliphatic heterocycles. The van der Waals surface area contributed by atoms with Gasteiger partial charge in [0.2, 0.25) is 0 Å². The fourth-order valence-corrected chi connectivity index (χ4v) is 4.09. The van der Waals surface area contributed by atoms with Gasteiger partial charge in [-0.1, -0.05) is 35.9 Å². The third-order valence-electron chi connectivity index (χ3n) is 4.10. The first-order chi connectivity index (χ1) is 10.3. The van der Waals surface area contributed by atoms with Gasteiger partial charge in [-0.05, 0) is 31.7 Å². The zero-order valence-electron chi connectivity index (χ0n) is 12.0. The van der Waals surface area contributed by atoms with Crippen LogP contribution in [0.25, 0.3) is 16.8 Å². The number of allylic oxidation sites excluding steroid dienone is 3. The van der Waals surface area contributed by atoms with E-state index >= 15 is 0 Å². The molecule has 0 bridgehead atoms. The molecule has 0 saturated heterocycles. The highest BCUT2D eigenvalue weighted by Gasteiger charge is 2.21. The molecule has 104 valence electrons. The Morgan fingerprint density at radius 1 is 1.14 bits per heavy atom. The molecule has 21 heavy (non-hydrogen) atoms. The number of hydrogen-bond acceptors (Lipinski definition) is 3. The minimum absolute atomic E-state index is 0.955. The Morgan fingerprint density at radius 2 is 2.05 bits per heavy atom. The lowest BCUT2D eigenvalue weighted by Gasteiger charge is -2.13. The third kappa shape index (κ3) is 2.18. The summed E-state index contributed by atoms with van der Waals surface area (Å²) in [6, 6.07) is 8.64. The van der Waals surface area contributed by atoms with Crippen molar-refractivity contribution in [2.24, 2.45) is 4.99 Å². The topological polar surface area (TPSA) is 25.2 Å². The SMILES string of the molecule is CC1=C(c2nc3c(s2)CCc2ccccc2-3)C=NC=CC1. The Kier molecular flexibility index (Phi) is 3.08. The molecule has 0 radical (unpaired) electrons.